The molecule has 1 aliphatic heterocycles. The summed E-state index contributed by atoms with van der Waals surface area (Å²) in [5.74, 6) is 0.883. The largest absolute Gasteiger partial charge is 0.348 e. The highest BCUT2D eigenvalue weighted by molar-refractivity contribution is 7.14. The van der Waals surface area contributed by atoms with E-state index in [1.807, 2.05) is 16.8 Å². The normalized spacial score (nSPS) is 20.3. The predicted molar refractivity (Wildman–Crippen MR) is 109 cm³/mol. The minimum Gasteiger partial charge on any atom is -0.348 e. The van der Waals surface area contributed by atoms with Crippen molar-refractivity contribution in [3.63, 3.8) is 0 Å². The number of thiophene rings is 1. The molecule has 2 aromatic heterocycles. The lowest BCUT2D eigenvalue weighted by atomic mass is 9.88. The summed E-state index contributed by atoms with van der Waals surface area (Å²) in [5, 5.41) is 10.1. The lowest BCUT2D eigenvalue weighted by Gasteiger charge is -2.35. The zero-order valence-corrected chi connectivity index (χ0v) is 16.8. The molecule has 0 atom stereocenters. The molecule has 3 heterocycles. The van der Waals surface area contributed by atoms with Crippen molar-refractivity contribution >= 4 is 28.6 Å². The molecular formula is C20H27N3OS2. The molecule has 1 saturated carbocycles. The monoisotopic (exact) mass is 389 g/mol. The summed E-state index contributed by atoms with van der Waals surface area (Å²) in [4.78, 5) is 19.6. The number of hydrogen-bond acceptors (Lipinski definition) is 5. The smallest absolute Gasteiger partial charge is 0.270 e. The van der Waals surface area contributed by atoms with E-state index in [0.29, 0.717) is 5.69 Å². The Labute approximate surface area is 163 Å². The molecule has 4 rings (SSSR count). The molecule has 0 unspecified atom stereocenters. The third-order valence-corrected chi connectivity index (χ3v) is 7.24. The van der Waals surface area contributed by atoms with Gasteiger partial charge >= 0.3 is 0 Å². The van der Waals surface area contributed by atoms with Gasteiger partial charge in [-0.1, -0.05) is 19.3 Å². The van der Waals surface area contributed by atoms with Gasteiger partial charge in [0, 0.05) is 42.0 Å². The summed E-state index contributed by atoms with van der Waals surface area (Å²) in [6.07, 6.45) is 9.19. The van der Waals surface area contributed by atoms with Crippen LogP contribution in [-0.4, -0.2) is 41.5 Å². The molecule has 0 radical (unpaired) electrons. The Morgan fingerprint density at radius 3 is 2.69 bits per heavy atom. The number of thiazole rings is 1. The van der Waals surface area contributed by atoms with Gasteiger partial charge in [-0.25, -0.2) is 4.98 Å². The molecule has 1 amide bonds. The van der Waals surface area contributed by atoms with Crippen LogP contribution in [0.3, 0.4) is 0 Å². The first-order chi connectivity index (χ1) is 12.8. The van der Waals surface area contributed by atoms with E-state index < -0.39 is 0 Å². The van der Waals surface area contributed by atoms with Gasteiger partial charge in [-0.2, -0.15) is 11.3 Å². The number of carbonyl (C=O) groups excluding carboxylic acids is 1. The number of nitrogens with one attached hydrogen (secondary N) is 1. The van der Waals surface area contributed by atoms with Gasteiger partial charge in [0.15, 0.2) is 0 Å². The van der Waals surface area contributed by atoms with Gasteiger partial charge in [-0.15, -0.1) is 11.3 Å². The predicted octanol–water partition coefficient (Wildman–Crippen LogP) is 4.65. The summed E-state index contributed by atoms with van der Waals surface area (Å²) in [7, 11) is 0. The van der Waals surface area contributed by atoms with Crippen molar-refractivity contribution in [2.24, 2.45) is 5.92 Å². The number of amides is 1. The zero-order valence-electron chi connectivity index (χ0n) is 15.2. The molecule has 140 valence electrons. The second-order valence-electron chi connectivity index (χ2n) is 7.60. The van der Waals surface area contributed by atoms with Crippen molar-refractivity contribution in [2.45, 2.75) is 51.0 Å². The highest BCUT2D eigenvalue weighted by Crippen LogP contribution is 2.27. The fourth-order valence-corrected chi connectivity index (χ4v) is 5.66. The van der Waals surface area contributed by atoms with E-state index in [-0.39, 0.29) is 11.9 Å². The van der Waals surface area contributed by atoms with E-state index in [9.17, 15) is 4.79 Å². The van der Waals surface area contributed by atoms with Crippen LogP contribution in [0.25, 0.3) is 10.6 Å². The van der Waals surface area contributed by atoms with Crippen LogP contribution >= 0.6 is 22.7 Å². The van der Waals surface area contributed by atoms with Crippen molar-refractivity contribution < 1.29 is 4.79 Å². The zero-order chi connectivity index (χ0) is 17.8. The highest BCUT2D eigenvalue weighted by Gasteiger charge is 2.24. The van der Waals surface area contributed by atoms with Crippen LogP contribution in [0.15, 0.2) is 22.2 Å². The Morgan fingerprint density at radius 2 is 1.96 bits per heavy atom. The lowest BCUT2D eigenvalue weighted by molar-refractivity contribution is 0.0897. The van der Waals surface area contributed by atoms with Crippen molar-refractivity contribution in [2.75, 3.05) is 19.6 Å². The van der Waals surface area contributed by atoms with Gasteiger partial charge in [0.25, 0.3) is 5.91 Å². The van der Waals surface area contributed by atoms with Crippen molar-refractivity contribution in [1.82, 2.24) is 15.2 Å². The van der Waals surface area contributed by atoms with E-state index >= 15 is 0 Å². The Balaban J connectivity index is 1.24. The maximum Gasteiger partial charge on any atom is 0.270 e. The van der Waals surface area contributed by atoms with E-state index in [2.05, 4.69) is 20.6 Å². The summed E-state index contributed by atoms with van der Waals surface area (Å²) in [6.45, 7) is 3.48. The van der Waals surface area contributed by atoms with Crippen LogP contribution in [0.1, 0.15) is 55.4 Å². The Hall–Kier alpha value is -1.24. The molecule has 0 spiro atoms. The Morgan fingerprint density at radius 1 is 1.15 bits per heavy atom. The fourth-order valence-electron chi connectivity index (χ4n) is 4.15. The fraction of sp³-hybridized carbons (Fsp3) is 0.600. The van der Waals surface area contributed by atoms with Crippen LogP contribution in [0.2, 0.25) is 0 Å². The molecule has 26 heavy (non-hydrogen) atoms. The number of carbonyl (C=O) groups is 1. The minimum absolute atomic E-state index is 0.0199. The first-order valence-corrected chi connectivity index (χ1v) is 11.6. The summed E-state index contributed by atoms with van der Waals surface area (Å²) in [5.41, 5.74) is 1.66. The van der Waals surface area contributed by atoms with Gasteiger partial charge < -0.3 is 10.2 Å². The molecule has 1 N–H and O–H groups in total. The second kappa shape index (κ2) is 8.63. The van der Waals surface area contributed by atoms with Gasteiger partial charge in [-0.3, -0.25) is 4.79 Å². The number of piperidine rings is 1. The van der Waals surface area contributed by atoms with E-state index in [1.54, 1.807) is 22.7 Å². The Bertz CT molecular complexity index is 698. The maximum atomic E-state index is 12.5. The van der Waals surface area contributed by atoms with Crippen LogP contribution in [0.4, 0.5) is 0 Å². The molecule has 2 aromatic rings. The maximum absolute atomic E-state index is 12.5. The molecule has 6 heteroatoms. The van der Waals surface area contributed by atoms with E-state index in [1.165, 1.54) is 38.6 Å². The lowest BCUT2D eigenvalue weighted by Crippen LogP contribution is -2.46. The third-order valence-electron chi connectivity index (χ3n) is 5.67. The molecule has 2 fully saturated rings. The SMILES string of the molecule is O=C(NC1CCN(CC2CCCCC2)CC1)c1csc(-c2ccsc2)n1. The van der Waals surface area contributed by atoms with Crippen molar-refractivity contribution in [3.8, 4) is 10.6 Å². The van der Waals surface area contributed by atoms with E-state index in [4.69, 9.17) is 0 Å². The molecule has 1 aliphatic carbocycles. The molecule has 1 saturated heterocycles. The van der Waals surface area contributed by atoms with Crippen LogP contribution in [0.5, 0.6) is 0 Å². The molecule has 4 nitrogen and oxygen atoms in total. The van der Waals surface area contributed by atoms with Crippen LogP contribution in [0, 0.1) is 5.92 Å². The summed E-state index contributed by atoms with van der Waals surface area (Å²) < 4.78 is 0. The van der Waals surface area contributed by atoms with Crippen LogP contribution in [-0.2, 0) is 0 Å². The average Bonchev–Trinajstić information content (AvgIpc) is 3.36. The van der Waals surface area contributed by atoms with E-state index in [0.717, 1.165) is 42.4 Å². The number of rotatable bonds is 5. The van der Waals surface area contributed by atoms with Gasteiger partial charge in [0.1, 0.15) is 10.7 Å². The first-order valence-electron chi connectivity index (χ1n) is 9.79. The molecule has 0 aromatic carbocycles. The number of likely N-dealkylation sites (tertiary alicyclic amines) is 1. The first kappa shape index (κ1) is 18.1. The van der Waals surface area contributed by atoms with Gasteiger partial charge in [0.2, 0.25) is 0 Å². The summed E-state index contributed by atoms with van der Waals surface area (Å²) in [6, 6.07) is 2.34. The summed E-state index contributed by atoms with van der Waals surface area (Å²) >= 11 is 3.20. The topological polar surface area (TPSA) is 45.2 Å². The van der Waals surface area contributed by atoms with Gasteiger partial charge in [0.05, 0.1) is 0 Å². The standard InChI is InChI=1S/C20H27N3OS2/c24-19(18-14-26-20(22-18)16-8-11-25-13-16)21-17-6-9-23(10-7-17)12-15-4-2-1-3-5-15/h8,11,13-15,17H,1-7,9-10,12H2,(H,21,24). The number of hydrogen-bond donors (Lipinski definition) is 1. The highest BCUT2D eigenvalue weighted by atomic mass is 32.1. The number of nitrogens with zero attached hydrogens (tertiary/aromatic N) is 2. The van der Waals surface area contributed by atoms with Crippen molar-refractivity contribution in [1.29, 1.82) is 0 Å². The molecular weight excluding hydrogens is 362 g/mol. The Kier molecular flexibility index (Phi) is 6.02. The molecule has 0 bridgehead atoms. The van der Waals surface area contributed by atoms with Crippen LogP contribution < -0.4 is 5.32 Å². The average molecular weight is 390 g/mol. The van der Waals surface area contributed by atoms with Crippen molar-refractivity contribution in [3.05, 3.63) is 27.9 Å². The minimum atomic E-state index is -0.0199. The molecule has 2 aliphatic rings. The quantitative estimate of drug-likeness (QED) is 0.810. The number of aromatic nitrogens is 1. The van der Waals surface area contributed by atoms with Gasteiger partial charge in [-0.05, 0) is 43.0 Å². The third kappa shape index (κ3) is 4.53. The second-order valence-corrected chi connectivity index (χ2v) is 9.24.